The van der Waals surface area contributed by atoms with E-state index >= 15 is 0 Å². The number of aliphatic hydroxyl groups excluding tert-OH is 3. The van der Waals surface area contributed by atoms with Crippen molar-refractivity contribution in [2.45, 2.75) is 26.2 Å². The third-order valence-electron chi connectivity index (χ3n) is 3.92. The van der Waals surface area contributed by atoms with Gasteiger partial charge in [0.25, 0.3) is 0 Å². The summed E-state index contributed by atoms with van der Waals surface area (Å²) in [5.41, 5.74) is 6.65. The molecule has 0 amide bonds. The van der Waals surface area contributed by atoms with Crippen LogP contribution in [0.5, 0.6) is 0 Å². The van der Waals surface area contributed by atoms with Gasteiger partial charge in [0, 0.05) is 0 Å². The molecule has 2 aromatic rings. The van der Waals surface area contributed by atoms with E-state index in [0.29, 0.717) is 11.1 Å². The van der Waals surface area contributed by atoms with Crippen molar-refractivity contribution in [2.75, 3.05) is 0 Å². The predicted octanol–water partition coefficient (Wildman–Crippen LogP) is 1.73. The van der Waals surface area contributed by atoms with Crippen LogP contribution in [-0.4, -0.2) is 15.3 Å². The first-order valence-corrected chi connectivity index (χ1v) is 6.37. The Kier molecular flexibility index (Phi) is 3.11. The average Bonchev–Trinajstić information content (AvgIpc) is 2.83. The van der Waals surface area contributed by atoms with E-state index in [1.54, 1.807) is 0 Å². The van der Waals surface area contributed by atoms with E-state index < -0.39 is 0 Å². The standard InChI is InChI=1S/C16H16O3/c17-7-11-6-13-12-4-2-1-3-10(12)5-14(13)16(9-19)15(11)8-18/h1-4,6,17-19H,5,7-9H2. The number of rotatable bonds is 3. The molecule has 0 saturated heterocycles. The van der Waals surface area contributed by atoms with E-state index in [4.69, 9.17) is 0 Å². The zero-order valence-electron chi connectivity index (χ0n) is 10.6. The first-order valence-electron chi connectivity index (χ1n) is 6.37. The van der Waals surface area contributed by atoms with Crippen LogP contribution < -0.4 is 0 Å². The highest BCUT2D eigenvalue weighted by atomic mass is 16.3. The summed E-state index contributed by atoms with van der Waals surface area (Å²) in [6.07, 6.45) is 0.778. The van der Waals surface area contributed by atoms with Gasteiger partial charge in [0.1, 0.15) is 0 Å². The molecule has 1 aliphatic carbocycles. The molecule has 1 aliphatic rings. The van der Waals surface area contributed by atoms with Gasteiger partial charge in [-0.25, -0.2) is 0 Å². The van der Waals surface area contributed by atoms with Crippen molar-refractivity contribution in [3.05, 3.63) is 58.1 Å². The summed E-state index contributed by atoms with van der Waals surface area (Å²) in [7, 11) is 0. The number of aliphatic hydroxyl groups is 3. The lowest BCUT2D eigenvalue weighted by molar-refractivity contribution is 0.247. The van der Waals surface area contributed by atoms with Crippen LogP contribution >= 0.6 is 0 Å². The summed E-state index contributed by atoms with van der Waals surface area (Å²) in [6, 6.07) is 10.1. The second-order valence-corrected chi connectivity index (χ2v) is 4.83. The number of benzene rings is 2. The monoisotopic (exact) mass is 256 g/mol. The molecule has 0 heterocycles. The molecule has 0 aliphatic heterocycles. The van der Waals surface area contributed by atoms with Gasteiger partial charge in [-0.3, -0.25) is 0 Å². The van der Waals surface area contributed by atoms with Gasteiger partial charge in [-0.15, -0.1) is 0 Å². The van der Waals surface area contributed by atoms with Gasteiger partial charge in [0.2, 0.25) is 0 Å². The average molecular weight is 256 g/mol. The zero-order valence-corrected chi connectivity index (χ0v) is 10.6. The van der Waals surface area contributed by atoms with Gasteiger partial charge in [-0.2, -0.15) is 0 Å². The van der Waals surface area contributed by atoms with E-state index in [1.165, 1.54) is 5.56 Å². The molecule has 3 nitrogen and oxygen atoms in total. The maximum Gasteiger partial charge on any atom is 0.0689 e. The predicted molar refractivity (Wildman–Crippen MR) is 72.5 cm³/mol. The third kappa shape index (κ3) is 1.78. The van der Waals surface area contributed by atoms with Crippen LogP contribution in [-0.2, 0) is 26.2 Å². The largest absolute Gasteiger partial charge is 0.392 e. The first kappa shape index (κ1) is 12.4. The first-order chi connectivity index (χ1) is 9.30. The lowest BCUT2D eigenvalue weighted by Gasteiger charge is -2.15. The summed E-state index contributed by atoms with van der Waals surface area (Å²) in [6.45, 7) is -0.395. The van der Waals surface area contributed by atoms with Crippen molar-refractivity contribution in [2.24, 2.45) is 0 Å². The summed E-state index contributed by atoms with van der Waals surface area (Å²) in [5.74, 6) is 0. The molecule has 0 aromatic heterocycles. The van der Waals surface area contributed by atoms with Crippen molar-refractivity contribution in [3.63, 3.8) is 0 Å². The molecule has 3 rings (SSSR count). The summed E-state index contributed by atoms with van der Waals surface area (Å²) < 4.78 is 0. The molecule has 0 fully saturated rings. The Bertz CT molecular complexity index is 632. The fourth-order valence-electron chi connectivity index (χ4n) is 2.99. The topological polar surface area (TPSA) is 60.7 Å². The summed E-state index contributed by atoms with van der Waals surface area (Å²) in [5, 5.41) is 28.6. The Labute approximate surface area is 111 Å². The van der Waals surface area contributed by atoms with Gasteiger partial charge in [-0.1, -0.05) is 24.3 Å². The third-order valence-corrected chi connectivity index (χ3v) is 3.92. The maximum absolute atomic E-state index is 9.62. The van der Waals surface area contributed by atoms with Crippen molar-refractivity contribution in [1.82, 2.24) is 0 Å². The lowest BCUT2D eigenvalue weighted by Crippen LogP contribution is -2.05. The van der Waals surface area contributed by atoms with Crippen LogP contribution in [0.2, 0.25) is 0 Å². The number of hydrogen-bond acceptors (Lipinski definition) is 3. The van der Waals surface area contributed by atoms with Gasteiger partial charge in [-0.05, 0) is 51.4 Å². The van der Waals surface area contributed by atoms with Gasteiger partial charge >= 0.3 is 0 Å². The summed E-state index contributed by atoms with van der Waals surface area (Å²) >= 11 is 0. The molecule has 3 heteroatoms. The minimum atomic E-state index is -0.157. The number of fused-ring (bicyclic) bond motifs is 3. The van der Waals surface area contributed by atoms with Crippen molar-refractivity contribution < 1.29 is 15.3 Å². The Morgan fingerprint density at radius 2 is 1.58 bits per heavy atom. The van der Waals surface area contributed by atoms with Crippen LogP contribution in [0.1, 0.15) is 27.8 Å². The summed E-state index contributed by atoms with van der Waals surface area (Å²) in [4.78, 5) is 0. The minimum absolute atomic E-state index is 0.111. The second-order valence-electron chi connectivity index (χ2n) is 4.83. The molecule has 0 atom stereocenters. The van der Waals surface area contributed by atoms with Gasteiger partial charge in [0.15, 0.2) is 0 Å². The van der Waals surface area contributed by atoms with Crippen LogP contribution in [0.15, 0.2) is 30.3 Å². The molecule has 3 N–H and O–H groups in total. The molecular formula is C16H16O3. The maximum atomic E-state index is 9.62. The van der Waals surface area contributed by atoms with Gasteiger partial charge < -0.3 is 15.3 Å². The molecular weight excluding hydrogens is 240 g/mol. The Balaban J connectivity index is 2.29. The second kappa shape index (κ2) is 4.78. The van der Waals surface area contributed by atoms with Crippen molar-refractivity contribution in [1.29, 1.82) is 0 Å². The van der Waals surface area contributed by atoms with Crippen LogP contribution in [0, 0.1) is 0 Å². The van der Waals surface area contributed by atoms with E-state index in [9.17, 15) is 15.3 Å². The van der Waals surface area contributed by atoms with E-state index in [0.717, 1.165) is 28.7 Å². The SMILES string of the molecule is OCc1cc2c(c(CO)c1CO)Cc1ccccc1-2. The van der Waals surface area contributed by atoms with Crippen molar-refractivity contribution in [3.8, 4) is 11.1 Å². The van der Waals surface area contributed by atoms with Crippen LogP contribution in [0.3, 0.4) is 0 Å². The quantitative estimate of drug-likeness (QED) is 0.669. The molecule has 19 heavy (non-hydrogen) atoms. The molecule has 98 valence electrons. The Hall–Kier alpha value is -1.68. The molecule has 0 spiro atoms. The normalized spacial score (nSPS) is 12.4. The van der Waals surface area contributed by atoms with Crippen molar-refractivity contribution >= 4 is 0 Å². The highest BCUT2D eigenvalue weighted by Gasteiger charge is 2.24. The van der Waals surface area contributed by atoms with Gasteiger partial charge in [0.05, 0.1) is 19.8 Å². The number of hydrogen-bond donors (Lipinski definition) is 3. The highest BCUT2D eigenvalue weighted by molar-refractivity contribution is 5.79. The molecule has 0 unspecified atom stereocenters. The Morgan fingerprint density at radius 3 is 2.26 bits per heavy atom. The van der Waals surface area contributed by atoms with Crippen LogP contribution in [0.25, 0.3) is 11.1 Å². The Morgan fingerprint density at radius 1 is 0.842 bits per heavy atom. The van der Waals surface area contributed by atoms with E-state index in [1.807, 2.05) is 18.2 Å². The molecule has 0 bridgehead atoms. The van der Waals surface area contributed by atoms with E-state index in [2.05, 4.69) is 12.1 Å². The van der Waals surface area contributed by atoms with Crippen LogP contribution in [0.4, 0.5) is 0 Å². The smallest absolute Gasteiger partial charge is 0.0689 e. The fourth-order valence-corrected chi connectivity index (χ4v) is 2.99. The fraction of sp³-hybridized carbons (Fsp3) is 0.250. The molecule has 2 aromatic carbocycles. The zero-order chi connectivity index (χ0) is 13.4. The highest BCUT2D eigenvalue weighted by Crippen LogP contribution is 2.40. The minimum Gasteiger partial charge on any atom is -0.392 e. The lowest BCUT2D eigenvalue weighted by atomic mass is 9.92. The molecule has 0 radical (unpaired) electrons. The molecule has 0 saturated carbocycles. The van der Waals surface area contributed by atoms with E-state index in [-0.39, 0.29) is 19.8 Å².